The zero-order valence-corrected chi connectivity index (χ0v) is 16.3. The molecule has 0 N–H and O–H groups in total. The van der Waals surface area contributed by atoms with Crippen molar-refractivity contribution in [1.29, 1.82) is 0 Å². The first-order valence-corrected chi connectivity index (χ1v) is 9.11. The molecule has 0 saturated heterocycles. The van der Waals surface area contributed by atoms with Crippen molar-refractivity contribution in [1.82, 2.24) is 4.90 Å². The average Bonchev–Trinajstić information content (AvgIpc) is 2.76. The normalized spacial score (nSPS) is 10.0. The summed E-state index contributed by atoms with van der Waals surface area (Å²) in [4.78, 5) is 46.4. The molecule has 0 spiro atoms. The zero-order chi connectivity index (χ0) is 21.1. The minimum Gasteiger partial charge on any atom is -0.472 e. The third-order valence-corrected chi connectivity index (χ3v) is 3.76. The summed E-state index contributed by atoms with van der Waals surface area (Å²) >= 11 is 0. The van der Waals surface area contributed by atoms with Gasteiger partial charge < -0.3 is 9.47 Å². The van der Waals surface area contributed by atoms with E-state index in [1.807, 2.05) is 6.92 Å². The molecule has 2 aromatic rings. The first kappa shape index (κ1) is 21.7. The molecule has 0 atom stereocenters. The lowest BCUT2D eigenvalue weighted by atomic mass is 10.2. The van der Waals surface area contributed by atoms with E-state index in [0.717, 1.165) is 12.8 Å². The predicted molar refractivity (Wildman–Crippen MR) is 103 cm³/mol. The number of carbonyl (C=O) groups is 3. The number of hydrogen-bond acceptors (Lipinski definition) is 7. The summed E-state index contributed by atoms with van der Waals surface area (Å²) in [6.45, 7) is 2.18. The number of para-hydroxylation sites is 1. The smallest absolute Gasteiger partial charge is 0.412 e. The van der Waals surface area contributed by atoms with Gasteiger partial charge in [-0.05, 0) is 30.7 Å². The maximum absolute atomic E-state index is 12.3. The summed E-state index contributed by atoms with van der Waals surface area (Å²) in [6.07, 6.45) is 1.16. The topological polar surface area (TPSA) is 91.4 Å². The number of hydrogen-bond donors (Lipinski definition) is 0. The Balaban J connectivity index is 1.91. The second-order valence-corrected chi connectivity index (χ2v) is 6.04. The molecule has 29 heavy (non-hydrogen) atoms. The van der Waals surface area contributed by atoms with Crippen molar-refractivity contribution in [2.45, 2.75) is 19.8 Å². The van der Waals surface area contributed by atoms with E-state index < -0.39 is 18.0 Å². The van der Waals surface area contributed by atoms with Crippen molar-refractivity contribution >= 4 is 18.0 Å². The number of unbranched alkanes of at least 4 members (excludes halogenated alkanes) is 1. The summed E-state index contributed by atoms with van der Waals surface area (Å²) in [5, 5.41) is 0. The van der Waals surface area contributed by atoms with E-state index in [0.29, 0.717) is 6.61 Å². The lowest BCUT2D eigenvalue weighted by Crippen LogP contribution is -2.31. The van der Waals surface area contributed by atoms with Crippen LogP contribution in [-0.4, -0.2) is 43.3 Å². The number of ether oxygens (including phenoxy) is 2. The molecule has 154 valence electrons. The molecule has 0 aliphatic heterocycles. The SMILES string of the molecule is CCCCOC(=O)N(C)COc1ccccc1C(=O)OOC(=O)c1ccccc1. The Labute approximate surface area is 168 Å². The molecule has 8 heteroatoms. The van der Waals surface area contributed by atoms with E-state index in [-0.39, 0.29) is 23.6 Å². The van der Waals surface area contributed by atoms with Gasteiger partial charge in [-0.2, -0.15) is 0 Å². The lowest BCUT2D eigenvalue weighted by Gasteiger charge is -2.18. The van der Waals surface area contributed by atoms with Crippen LogP contribution in [0.3, 0.4) is 0 Å². The van der Waals surface area contributed by atoms with Gasteiger partial charge in [0.05, 0.1) is 12.2 Å². The molecule has 1 amide bonds. The molecule has 0 heterocycles. The van der Waals surface area contributed by atoms with E-state index in [9.17, 15) is 14.4 Å². The van der Waals surface area contributed by atoms with Gasteiger partial charge in [0.1, 0.15) is 11.3 Å². The van der Waals surface area contributed by atoms with Crippen LogP contribution in [0.15, 0.2) is 54.6 Å². The van der Waals surface area contributed by atoms with Crippen LogP contribution < -0.4 is 4.74 Å². The summed E-state index contributed by atoms with van der Waals surface area (Å²) < 4.78 is 10.6. The molecule has 2 rings (SSSR count). The summed E-state index contributed by atoms with van der Waals surface area (Å²) in [7, 11) is 1.51. The standard InChI is InChI=1S/C21H23NO7/c1-3-4-14-26-21(25)22(2)15-27-18-13-9-8-12-17(18)20(24)29-28-19(23)16-10-6-5-7-11-16/h5-13H,3-4,14-15H2,1-2H3. The molecule has 0 aromatic heterocycles. The number of carbonyl (C=O) groups excluding carboxylic acids is 3. The van der Waals surface area contributed by atoms with E-state index in [4.69, 9.17) is 9.47 Å². The second kappa shape index (κ2) is 11.3. The van der Waals surface area contributed by atoms with Gasteiger partial charge in [0.2, 0.25) is 0 Å². The Bertz CT molecular complexity index is 823. The fourth-order valence-corrected chi connectivity index (χ4v) is 2.14. The molecular weight excluding hydrogens is 378 g/mol. The molecule has 0 saturated carbocycles. The number of nitrogens with zero attached hydrogens (tertiary/aromatic N) is 1. The molecule has 8 nitrogen and oxygen atoms in total. The van der Waals surface area contributed by atoms with Gasteiger partial charge in [-0.15, -0.1) is 0 Å². The Hall–Kier alpha value is -3.55. The Morgan fingerprint density at radius 1 is 0.897 bits per heavy atom. The summed E-state index contributed by atoms with van der Waals surface area (Å²) in [6, 6.07) is 14.4. The molecule has 0 unspecified atom stereocenters. The van der Waals surface area contributed by atoms with Crippen LogP contribution in [0.5, 0.6) is 5.75 Å². The minimum atomic E-state index is -0.905. The average molecular weight is 401 g/mol. The van der Waals surface area contributed by atoms with Crippen LogP contribution in [0.4, 0.5) is 4.79 Å². The molecule has 0 aliphatic rings. The Kier molecular flexibility index (Phi) is 8.50. The van der Waals surface area contributed by atoms with Gasteiger partial charge in [0.15, 0.2) is 6.73 Å². The minimum absolute atomic E-state index is 0.0427. The fraction of sp³-hybridized carbons (Fsp3) is 0.286. The highest BCUT2D eigenvalue weighted by Gasteiger charge is 2.19. The molecule has 0 aliphatic carbocycles. The van der Waals surface area contributed by atoms with Crippen molar-refractivity contribution in [2.75, 3.05) is 20.4 Å². The van der Waals surface area contributed by atoms with E-state index in [1.165, 1.54) is 36.2 Å². The van der Waals surface area contributed by atoms with Gasteiger partial charge in [-0.1, -0.05) is 43.7 Å². The van der Waals surface area contributed by atoms with Gasteiger partial charge in [0, 0.05) is 7.05 Å². The van der Waals surface area contributed by atoms with Gasteiger partial charge >= 0.3 is 18.0 Å². The third kappa shape index (κ3) is 6.84. The number of amides is 1. The van der Waals surface area contributed by atoms with Crippen molar-refractivity contribution in [2.24, 2.45) is 0 Å². The van der Waals surface area contributed by atoms with Crippen LogP contribution >= 0.6 is 0 Å². The highest BCUT2D eigenvalue weighted by atomic mass is 17.2. The third-order valence-electron chi connectivity index (χ3n) is 3.76. The van der Waals surface area contributed by atoms with E-state index in [2.05, 4.69) is 9.78 Å². The maximum atomic E-state index is 12.3. The van der Waals surface area contributed by atoms with Crippen LogP contribution in [0, 0.1) is 0 Å². The molecule has 0 bridgehead atoms. The summed E-state index contributed by atoms with van der Waals surface area (Å²) in [5.41, 5.74) is 0.286. The quantitative estimate of drug-likeness (QED) is 0.287. The van der Waals surface area contributed by atoms with E-state index in [1.54, 1.807) is 30.3 Å². The monoisotopic (exact) mass is 401 g/mol. The lowest BCUT2D eigenvalue weighted by molar-refractivity contribution is -0.187. The van der Waals surface area contributed by atoms with Gasteiger partial charge in [0.25, 0.3) is 0 Å². The fourth-order valence-electron chi connectivity index (χ4n) is 2.14. The molecule has 2 aromatic carbocycles. The van der Waals surface area contributed by atoms with Crippen molar-refractivity contribution in [3.05, 3.63) is 65.7 Å². The Morgan fingerprint density at radius 2 is 1.55 bits per heavy atom. The van der Waals surface area contributed by atoms with Crippen molar-refractivity contribution in [3.8, 4) is 5.75 Å². The zero-order valence-electron chi connectivity index (χ0n) is 16.3. The summed E-state index contributed by atoms with van der Waals surface area (Å²) in [5.74, 6) is -1.54. The second-order valence-electron chi connectivity index (χ2n) is 6.04. The maximum Gasteiger partial charge on any atom is 0.412 e. The van der Waals surface area contributed by atoms with Crippen LogP contribution in [-0.2, 0) is 14.5 Å². The van der Waals surface area contributed by atoms with Crippen LogP contribution in [0.1, 0.15) is 40.5 Å². The van der Waals surface area contributed by atoms with Crippen molar-refractivity contribution < 1.29 is 33.6 Å². The van der Waals surface area contributed by atoms with Gasteiger partial charge in [-0.3, -0.25) is 4.90 Å². The number of benzene rings is 2. The van der Waals surface area contributed by atoms with Crippen LogP contribution in [0.25, 0.3) is 0 Å². The largest absolute Gasteiger partial charge is 0.472 e. The highest BCUT2D eigenvalue weighted by molar-refractivity contribution is 5.94. The number of rotatable bonds is 8. The van der Waals surface area contributed by atoms with Crippen LogP contribution in [0.2, 0.25) is 0 Å². The Morgan fingerprint density at radius 3 is 2.28 bits per heavy atom. The first-order valence-electron chi connectivity index (χ1n) is 9.11. The van der Waals surface area contributed by atoms with Gasteiger partial charge in [-0.25, -0.2) is 24.2 Å². The first-order chi connectivity index (χ1) is 14.0. The predicted octanol–water partition coefficient (Wildman–Crippen LogP) is 3.82. The molecular formula is C21H23NO7. The molecule has 0 fully saturated rings. The molecule has 0 radical (unpaired) electrons. The van der Waals surface area contributed by atoms with Crippen molar-refractivity contribution in [3.63, 3.8) is 0 Å². The highest BCUT2D eigenvalue weighted by Crippen LogP contribution is 2.19. The van der Waals surface area contributed by atoms with E-state index >= 15 is 0 Å².